The van der Waals surface area contributed by atoms with E-state index in [-0.39, 0.29) is 11.9 Å². The Kier molecular flexibility index (Phi) is 17.0. The molecule has 1 unspecified atom stereocenters. The van der Waals surface area contributed by atoms with Crippen LogP contribution in [0.2, 0.25) is 0 Å². The summed E-state index contributed by atoms with van der Waals surface area (Å²) < 4.78 is 10.7. The van der Waals surface area contributed by atoms with Gasteiger partial charge in [-0.3, -0.25) is 4.90 Å². The first kappa shape index (κ1) is 26.7. The van der Waals surface area contributed by atoms with Crippen LogP contribution in [-0.4, -0.2) is 43.3 Å². The summed E-state index contributed by atoms with van der Waals surface area (Å²) in [4.78, 5) is 26.1. The van der Waals surface area contributed by atoms with Crippen molar-refractivity contribution in [2.24, 2.45) is 5.92 Å². The number of unbranched alkanes of at least 4 members (excludes halogenated alkanes) is 9. The maximum absolute atomic E-state index is 12.5. The molecule has 0 rings (SSSR count). The number of esters is 1. The number of ether oxygens (including phenoxy) is 2. The van der Waals surface area contributed by atoms with E-state index < -0.39 is 12.1 Å². The molecule has 0 aromatic heterocycles. The van der Waals surface area contributed by atoms with Gasteiger partial charge < -0.3 is 9.47 Å². The molecule has 1 amide bonds. The van der Waals surface area contributed by atoms with Gasteiger partial charge >= 0.3 is 12.1 Å². The highest BCUT2D eigenvalue weighted by Gasteiger charge is 2.29. The van der Waals surface area contributed by atoms with Crippen molar-refractivity contribution >= 4 is 12.1 Å². The molecule has 5 nitrogen and oxygen atoms in total. The van der Waals surface area contributed by atoms with Gasteiger partial charge in [-0.2, -0.15) is 0 Å². The summed E-state index contributed by atoms with van der Waals surface area (Å²) in [6, 6.07) is -0.576. The lowest BCUT2D eigenvalue weighted by Crippen LogP contribution is -2.44. The summed E-state index contributed by atoms with van der Waals surface area (Å²) in [5, 5.41) is 0. The number of likely N-dealkylation sites (N-methyl/N-ethyl adjacent to an activating group) is 1. The van der Waals surface area contributed by atoms with Crippen molar-refractivity contribution in [3.8, 4) is 0 Å². The average molecular weight is 400 g/mol. The number of carbonyl (C=O) groups excluding carboxylic acids is 2. The predicted molar refractivity (Wildman–Crippen MR) is 115 cm³/mol. The summed E-state index contributed by atoms with van der Waals surface area (Å²) >= 11 is 0. The van der Waals surface area contributed by atoms with E-state index in [0.29, 0.717) is 19.6 Å². The molecule has 0 aromatic rings. The lowest BCUT2D eigenvalue weighted by atomic mass is 10.0. The zero-order chi connectivity index (χ0) is 21.2. The standard InChI is InChI=1S/C23H45NO4/c1-6-8-10-11-12-13-14-15-16-18-27-22(25)21(19-20(3)4)24(5)23(26)28-17-9-7-2/h20-21H,6-19H2,1-5H3. The highest BCUT2D eigenvalue weighted by Crippen LogP contribution is 2.14. The summed E-state index contributed by atoms with van der Waals surface area (Å²) in [6.07, 6.45) is 13.0. The van der Waals surface area contributed by atoms with Gasteiger partial charge in [0.05, 0.1) is 13.2 Å². The van der Waals surface area contributed by atoms with Gasteiger partial charge in [0, 0.05) is 7.05 Å². The minimum absolute atomic E-state index is 0.288. The Morgan fingerprint density at radius 3 is 1.79 bits per heavy atom. The van der Waals surface area contributed by atoms with Crippen LogP contribution < -0.4 is 0 Å². The minimum Gasteiger partial charge on any atom is -0.464 e. The average Bonchev–Trinajstić information content (AvgIpc) is 2.66. The van der Waals surface area contributed by atoms with Crippen LogP contribution in [0.15, 0.2) is 0 Å². The maximum atomic E-state index is 12.5. The first-order chi connectivity index (χ1) is 13.4. The van der Waals surface area contributed by atoms with Crippen molar-refractivity contribution in [1.29, 1.82) is 0 Å². The fourth-order valence-electron chi connectivity index (χ4n) is 3.07. The third kappa shape index (κ3) is 13.8. The van der Waals surface area contributed by atoms with Crippen molar-refractivity contribution in [3.05, 3.63) is 0 Å². The molecule has 166 valence electrons. The second kappa shape index (κ2) is 17.8. The molecule has 0 aliphatic carbocycles. The quantitative estimate of drug-likeness (QED) is 0.211. The highest BCUT2D eigenvalue weighted by atomic mass is 16.6. The normalized spacial score (nSPS) is 12.1. The number of hydrogen-bond acceptors (Lipinski definition) is 4. The molecule has 0 radical (unpaired) electrons. The van der Waals surface area contributed by atoms with E-state index in [1.807, 2.05) is 20.8 Å². The number of carbonyl (C=O) groups is 2. The van der Waals surface area contributed by atoms with Gasteiger partial charge in [0.1, 0.15) is 6.04 Å². The fourth-order valence-corrected chi connectivity index (χ4v) is 3.07. The zero-order valence-electron chi connectivity index (χ0n) is 19.1. The van der Waals surface area contributed by atoms with Gasteiger partial charge in [-0.1, -0.05) is 85.5 Å². The molecule has 28 heavy (non-hydrogen) atoms. The van der Waals surface area contributed by atoms with Crippen LogP contribution in [0.1, 0.15) is 105 Å². The van der Waals surface area contributed by atoms with Gasteiger partial charge in [0.15, 0.2) is 0 Å². The SMILES string of the molecule is CCCCCCCCCCCOC(=O)C(CC(C)C)N(C)C(=O)OCCCC. The zero-order valence-corrected chi connectivity index (χ0v) is 19.1. The van der Waals surface area contributed by atoms with Crippen molar-refractivity contribution in [2.75, 3.05) is 20.3 Å². The number of amides is 1. The van der Waals surface area contributed by atoms with Crippen LogP contribution in [0.4, 0.5) is 4.79 Å². The third-order valence-corrected chi connectivity index (χ3v) is 4.94. The van der Waals surface area contributed by atoms with Crippen LogP contribution in [0, 0.1) is 5.92 Å². The van der Waals surface area contributed by atoms with Crippen molar-refractivity contribution in [2.45, 2.75) is 111 Å². The summed E-state index contributed by atoms with van der Waals surface area (Å²) in [5.41, 5.74) is 0. The molecule has 0 fully saturated rings. The number of nitrogens with zero attached hydrogens (tertiary/aromatic N) is 1. The highest BCUT2D eigenvalue weighted by molar-refractivity contribution is 5.81. The molecular formula is C23H45NO4. The van der Waals surface area contributed by atoms with Crippen LogP contribution >= 0.6 is 0 Å². The van der Waals surface area contributed by atoms with Crippen LogP contribution in [0.3, 0.4) is 0 Å². The van der Waals surface area contributed by atoms with Crippen molar-refractivity contribution < 1.29 is 19.1 Å². The molecule has 0 saturated carbocycles. The van der Waals surface area contributed by atoms with E-state index in [4.69, 9.17) is 9.47 Å². The second-order valence-electron chi connectivity index (χ2n) is 8.22. The lowest BCUT2D eigenvalue weighted by molar-refractivity contribution is -0.149. The topological polar surface area (TPSA) is 55.8 Å². The molecule has 1 atom stereocenters. The van der Waals surface area contributed by atoms with E-state index in [1.165, 1.54) is 49.8 Å². The van der Waals surface area contributed by atoms with E-state index in [9.17, 15) is 9.59 Å². The Hall–Kier alpha value is -1.26. The molecule has 0 spiro atoms. The smallest absolute Gasteiger partial charge is 0.410 e. The van der Waals surface area contributed by atoms with Crippen molar-refractivity contribution in [3.63, 3.8) is 0 Å². The van der Waals surface area contributed by atoms with Gasteiger partial charge in [0.2, 0.25) is 0 Å². The van der Waals surface area contributed by atoms with E-state index in [0.717, 1.165) is 25.7 Å². The number of rotatable bonds is 17. The summed E-state index contributed by atoms with van der Waals surface area (Å²) in [7, 11) is 1.63. The maximum Gasteiger partial charge on any atom is 0.410 e. The van der Waals surface area contributed by atoms with Crippen molar-refractivity contribution in [1.82, 2.24) is 4.90 Å². The van der Waals surface area contributed by atoms with Crippen LogP contribution in [-0.2, 0) is 14.3 Å². The third-order valence-electron chi connectivity index (χ3n) is 4.94. The van der Waals surface area contributed by atoms with Crippen LogP contribution in [0.5, 0.6) is 0 Å². The molecule has 0 bridgehead atoms. The summed E-state index contributed by atoms with van der Waals surface area (Å²) in [6.45, 7) is 9.18. The number of hydrogen-bond donors (Lipinski definition) is 0. The Morgan fingerprint density at radius 1 is 0.750 bits per heavy atom. The molecule has 0 heterocycles. The monoisotopic (exact) mass is 399 g/mol. The van der Waals surface area contributed by atoms with E-state index >= 15 is 0 Å². The fraction of sp³-hybridized carbons (Fsp3) is 0.913. The molecule has 0 aliphatic heterocycles. The molecule has 0 N–H and O–H groups in total. The first-order valence-corrected chi connectivity index (χ1v) is 11.5. The predicted octanol–water partition coefficient (Wildman–Crippen LogP) is 6.34. The van der Waals surface area contributed by atoms with Gasteiger partial charge in [-0.15, -0.1) is 0 Å². The Bertz CT molecular complexity index is 398. The van der Waals surface area contributed by atoms with E-state index in [2.05, 4.69) is 6.92 Å². The van der Waals surface area contributed by atoms with E-state index in [1.54, 1.807) is 7.05 Å². The molecule has 0 aliphatic rings. The largest absolute Gasteiger partial charge is 0.464 e. The van der Waals surface area contributed by atoms with Gasteiger partial charge in [0.25, 0.3) is 0 Å². The first-order valence-electron chi connectivity index (χ1n) is 11.5. The Morgan fingerprint density at radius 2 is 1.25 bits per heavy atom. The minimum atomic E-state index is -0.576. The lowest BCUT2D eigenvalue weighted by Gasteiger charge is -2.27. The van der Waals surface area contributed by atoms with Gasteiger partial charge in [-0.25, -0.2) is 9.59 Å². The summed E-state index contributed by atoms with van der Waals surface area (Å²) in [5.74, 6) is -0.0284. The molecule has 5 heteroatoms. The molecular weight excluding hydrogens is 354 g/mol. The molecule has 0 aromatic carbocycles. The molecule has 0 saturated heterocycles. The van der Waals surface area contributed by atoms with Crippen LogP contribution in [0.25, 0.3) is 0 Å². The second-order valence-corrected chi connectivity index (χ2v) is 8.22. The van der Waals surface area contributed by atoms with Gasteiger partial charge in [-0.05, 0) is 25.2 Å². The Balaban J connectivity index is 4.13. The Labute approximate surface area is 173 Å².